The minimum absolute atomic E-state index is 0.154. The molecule has 0 aliphatic heterocycles. The maximum atomic E-state index is 11.3. The molecule has 0 rings (SSSR count). The average molecular weight is 247 g/mol. The lowest BCUT2D eigenvalue weighted by atomic mass is 10.2. The second-order valence-corrected chi connectivity index (χ2v) is 9.87. The number of hydrogen-bond donors (Lipinski definition) is 1. The van der Waals surface area contributed by atoms with Crippen molar-refractivity contribution in [3.63, 3.8) is 0 Å². The Hall–Kier alpha value is -1.04. The van der Waals surface area contributed by atoms with Crippen LogP contribution < -0.4 is 5.32 Å². The molecule has 16 heavy (non-hydrogen) atoms. The molecule has 0 aromatic rings. The number of nitrogens with one attached hydrogen (secondary N) is 1. The highest BCUT2D eigenvalue weighted by atomic mass is 28.4. The fraction of sp³-hybridized carbons (Fsp3) is 0.800. The first-order valence-electron chi connectivity index (χ1n) is 5.18. The Morgan fingerprint density at radius 3 is 2.06 bits per heavy atom. The maximum absolute atomic E-state index is 11.3. The van der Waals surface area contributed by atoms with Gasteiger partial charge in [-0.3, -0.25) is 4.79 Å². The zero-order valence-corrected chi connectivity index (χ0v) is 11.8. The van der Waals surface area contributed by atoms with Gasteiger partial charge in [-0.1, -0.05) is 0 Å². The molecule has 0 aromatic heterocycles. The summed E-state index contributed by atoms with van der Waals surface area (Å²) < 4.78 is 10.1. The lowest BCUT2D eigenvalue weighted by Crippen LogP contribution is -2.39. The highest BCUT2D eigenvalue weighted by Gasteiger charge is 2.21. The maximum Gasteiger partial charge on any atom is 0.408 e. The SMILES string of the molecule is CC(C)(C)OC(=O)NCC(=O)O[Si](C)(C)C. The van der Waals surface area contributed by atoms with Crippen LogP contribution in [0.15, 0.2) is 0 Å². The van der Waals surface area contributed by atoms with E-state index in [9.17, 15) is 9.59 Å². The summed E-state index contributed by atoms with van der Waals surface area (Å²) in [4.78, 5) is 22.5. The van der Waals surface area contributed by atoms with Crippen LogP contribution in [0.1, 0.15) is 20.8 Å². The van der Waals surface area contributed by atoms with Gasteiger partial charge in [-0.15, -0.1) is 0 Å². The number of rotatable bonds is 3. The Balaban J connectivity index is 3.90. The molecule has 0 saturated carbocycles. The molecule has 0 atom stereocenters. The predicted octanol–water partition coefficient (Wildman–Crippen LogP) is 1.89. The van der Waals surface area contributed by atoms with Gasteiger partial charge >= 0.3 is 12.1 Å². The molecule has 6 heteroatoms. The van der Waals surface area contributed by atoms with Crippen molar-refractivity contribution in [2.45, 2.75) is 46.0 Å². The fourth-order valence-corrected chi connectivity index (χ4v) is 1.59. The van der Waals surface area contributed by atoms with Gasteiger partial charge in [-0.25, -0.2) is 4.79 Å². The van der Waals surface area contributed by atoms with Crippen LogP contribution in [0.2, 0.25) is 19.6 Å². The van der Waals surface area contributed by atoms with E-state index in [2.05, 4.69) is 5.32 Å². The molecule has 1 amide bonds. The summed E-state index contributed by atoms with van der Waals surface area (Å²) in [5.74, 6) is -0.426. The lowest BCUT2D eigenvalue weighted by Gasteiger charge is -2.20. The topological polar surface area (TPSA) is 64.6 Å². The van der Waals surface area contributed by atoms with Gasteiger partial charge in [0.1, 0.15) is 12.1 Å². The van der Waals surface area contributed by atoms with E-state index >= 15 is 0 Å². The minimum atomic E-state index is -1.88. The van der Waals surface area contributed by atoms with Gasteiger partial charge in [0.05, 0.1) is 0 Å². The van der Waals surface area contributed by atoms with E-state index in [1.165, 1.54) is 0 Å². The van der Waals surface area contributed by atoms with E-state index in [0.29, 0.717) is 0 Å². The molecule has 0 spiro atoms. The third-order valence-corrected chi connectivity index (χ3v) is 2.04. The molecular weight excluding hydrogens is 226 g/mol. The molecule has 0 unspecified atom stereocenters. The third kappa shape index (κ3) is 9.51. The van der Waals surface area contributed by atoms with Gasteiger partial charge in [0.15, 0.2) is 0 Å². The normalized spacial score (nSPS) is 11.9. The molecule has 94 valence electrons. The second-order valence-electron chi connectivity index (χ2n) is 5.44. The summed E-state index contributed by atoms with van der Waals surface area (Å²) in [6.45, 7) is 10.8. The first-order chi connectivity index (χ1) is 6.99. The number of carbonyl (C=O) groups excluding carboxylic acids is 2. The summed E-state index contributed by atoms with van der Waals surface area (Å²) in [6, 6.07) is 0. The lowest BCUT2D eigenvalue weighted by molar-refractivity contribution is -0.134. The van der Waals surface area contributed by atoms with Crippen molar-refractivity contribution in [3.8, 4) is 0 Å². The number of hydrogen-bond acceptors (Lipinski definition) is 4. The van der Waals surface area contributed by atoms with Crippen LogP contribution >= 0.6 is 0 Å². The van der Waals surface area contributed by atoms with Crippen molar-refractivity contribution in [1.29, 1.82) is 0 Å². The van der Waals surface area contributed by atoms with Gasteiger partial charge in [-0.05, 0) is 40.4 Å². The Morgan fingerprint density at radius 1 is 1.19 bits per heavy atom. The number of ether oxygens (including phenoxy) is 1. The van der Waals surface area contributed by atoms with E-state index in [4.69, 9.17) is 9.16 Å². The first kappa shape index (κ1) is 15.0. The van der Waals surface area contributed by atoms with Crippen molar-refractivity contribution in [3.05, 3.63) is 0 Å². The zero-order chi connectivity index (χ0) is 13.0. The van der Waals surface area contributed by atoms with Crippen LogP contribution in [0.25, 0.3) is 0 Å². The van der Waals surface area contributed by atoms with Gasteiger partial charge in [0.25, 0.3) is 0 Å². The number of carbonyl (C=O) groups is 2. The van der Waals surface area contributed by atoms with Gasteiger partial charge in [0, 0.05) is 0 Å². The van der Waals surface area contributed by atoms with Crippen molar-refractivity contribution < 1.29 is 18.8 Å². The van der Waals surface area contributed by atoms with Crippen LogP contribution in [0.3, 0.4) is 0 Å². The fourth-order valence-electron chi connectivity index (χ4n) is 0.836. The van der Waals surface area contributed by atoms with Crippen LogP contribution in [0, 0.1) is 0 Å². The first-order valence-corrected chi connectivity index (χ1v) is 8.59. The summed E-state index contributed by atoms with van der Waals surface area (Å²) >= 11 is 0. The smallest absolute Gasteiger partial charge is 0.408 e. The Morgan fingerprint density at radius 2 is 1.69 bits per heavy atom. The molecule has 0 heterocycles. The van der Waals surface area contributed by atoms with E-state index in [0.717, 1.165) is 0 Å². The third-order valence-electron chi connectivity index (χ3n) is 1.20. The van der Waals surface area contributed by atoms with Crippen molar-refractivity contribution in [1.82, 2.24) is 5.32 Å². The van der Waals surface area contributed by atoms with Crippen molar-refractivity contribution in [2.24, 2.45) is 0 Å². The van der Waals surface area contributed by atoms with Crippen LogP contribution in [0.5, 0.6) is 0 Å². The van der Waals surface area contributed by atoms with E-state index in [1.807, 2.05) is 19.6 Å². The Labute approximate surface area is 97.6 Å². The molecule has 5 nitrogen and oxygen atoms in total. The summed E-state index contributed by atoms with van der Waals surface area (Å²) in [5.41, 5.74) is -0.563. The molecule has 0 bridgehead atoms. The monoisotopic (exact) mass is 247 g/mol. The predicted molar refractivity (Wildman–Crippen MR) is 63.7 cm³/mol. The van der Waals surface area contributed by atoms with Crippen molar-refractivity contribution in [2.75, 3.05) is 6.54 Å². The molecule has 1 N–H and O–H groups in total. The van der Waals surface area contributed by atoms with Gasteiger partial charge in [0.2, 0.25) is 8.32 Å². The summed E-state index contributed by atoms with van der Waals surface area (Å²) in [7, 11) is -1.88. The van der Waals surface area contributed by atoms with Crippen LogP contribution in [-0.4, -0.2) is 32.5 Å². The second kappa shape index (κ2) is 5.34. The standard InChI is InChI=1S/C10H21NO4Si/c1-10(2,3)14-9(13)11-7-8(12)15-16(4,5)6/h7H2,1-6H3,(H,11,13). The zero-order valence-electron chi connectivity index (χ0n) is 10.8. The highest BCUT2D eigenvalue weighted by molar-refractivity contribution is 6.71. The van der Waals surface area contributed by atoms with E-state index in [-0.39, 0.29) is 6.54 Å². The molecule has 0 radical (unpaired) electrons. The number of alkyl carbamates (subject to hydrolysis) is 1. The molecule has 0 fully saturated rings. The summed E-state index contributed by atoms with van der Waals surface area (Å²) in [6.07, 6.45) is -0.611. The largest absolute Gasteiger partial charge is 0.519 e. The van der Waals surface area contributed by atoms with Crippen LogP contribution in [0.4, 0.5) is 4.79 Å². The average Bonchev–Trinajstić information content (AvgIpc) is 1.94. The van der Waals surface area contributed by atoms with Crippen LogP contribution in [-0.2, 0) is 14.0 Å². The Kier molecular flexibility index (Phi) is 4.99. The quantitative estimate of drug-likeness (QED) is 0.773. The molecule has 0 aromatic carbocycles. The molecule has 0 aliphatic carbocycles. The summed E-state index contributed by atoms with van der Waals surface area (Å²) in [5, 5.41) is 2.35. The highest BCUT2D eigenvalue weighted by Crippen LogP contribution is 2.06. The van der Waals surface area contributed by atoms with Crippen molar-refractivity contribution >= 4 is 20.4 Å². The molecule has 0 saturated heterocycles. The Bertz CT molecular complexity index is 237. The number of amides is 1. The van der Waals surface area contributed by atoms with Gasteiger partial charge < -0.3 is 14.5 Å². The molecular formula is C10H21NO4Si. The van der Waals surface area contributed by atoms with E-state index < -0.39 is 26.0 Å². The molecule has 0 aliphatic rings. The minimum Gasteiger partial charge on any atom is -0.519 e. The van der Waals surface area contributed by atoms with E-state index in [1.54, 1.807) is 20.8 Å². The van der Waals surface area contributed by atoms with Gasteiger partial charge in [-0.2, -0.15) is 0 Å².